The van der Waals surface area contributed by atoms with Crippen LogP contribution in [0.5, 0.6) is 0 Å². The number of halogens is 2. The highest BCUT2D eigenvalue weighted by molar-refractivity contribution is 6.34. The molecule has 5 heteroatoms. The first-order valence-electron chi connectivity index (χ1n) is 4.19. The van der Waals surface area contributed by atoms with E-state index in [1.807, 2.05) is 0 Å². The largest absolute Gasteiger partial charge is 0.364 e. The van der Waals surface area contributed by atoms with Gasteiger partial charge in [0.15, 0.2) is 6.29 Å². The van der Waals surface area contributed by atoms with Crippen LogP contribution >= 0.6 is 11.6 Å². The van der Waals surface area contributed by atoms with E-state index in [-0.39, 0.29) is 10.7 Å². The van der Waals surface area contributed by atoms with Crippen molar-refractivity contribution in [2.75, 3.05) is 0 Å². The number of hydrogen-bond donors (Lipinski definition) is 2. The molecule has 0 atom stereocenters. The molecule has 15 heavy (non-hydrogen) atoms. The van der Waals surface area contributed by atoms with Crippen molar-refractivity contribution in [3.63, 3.8) is 0 Å². The van der Waals surface area contributed by atoms with E-state index in [0.717, 1.165) is 6.07 Å². The minimum Gasteiger partial charge on any atom is -0.364 e. The summed E-state index contributed by atoms with van der Waals surface area (Å²) in [5, 5.41) is 19.0. The SMILES string of the molecule is OC(O)c1cc2ccnc(Cl)c2cc1F. The van der Waals surface area contributed by atoms with Gasteiger partial charge in [-0.15, -0.1) is 0 Å². The van der Waals surface area contributed by atoms with Crippen molar-refractivity contribution >= 4 is 22.4 Å². The third-order valence-electron chi connectivity index (χ3n) is 2.11. The van der Waals surface area contributed by atoms with Gasteiger partial charge in [0, 0.05) is 17.1 Å². The first kappa shape index (κ1) is 10.3. The molecule has 0 aliphatic carbocycles. The summed E-state index contributed by atoms with van der Waals surface area (Å²) in [5.41, 5.74) is -0.176. The zero-order valence-corrected chi connectivity index (χ0v) is 8.24. The predicted octanol–water partition coefficient (Wildman–Crippen LogP) is 2.01. The molecule has 2 aromatic rings. The summed E-state index contributed by atoms with van der Waals surface area (Å²) in [6, 6.07) is 4.09. The molecule has 2 rings (SSSR count). The number of nitrogens with zero attached hydrogens (tertiary/aromatic N) is 1. The van der Waals surface area contributed by atoms with E-state index in [4.69, 9.17) is 21.8 Å². The zero-order valence-electron chi connectivity index (χ0n) is 7.48. The predicted molar refractivity (Wildman–Crippen MR) is 53.9 cm³/mol. The molecule has 0 bridgehead atoms. The van der Waals surface area contributed by atoms with Crippen LogP contribution in [0.2, 0.25) is 5.15 Å². The van der Waals surface area contributed by atoms with Crippen molar-refractivity contribution in [2.24, 2.45) is 0 Å². The van der Waals surface area contributed by atoms with Crippen molar-refractivity contribution in [2.45, 2.75) is 6.29 Å². The smallest absolute Gasteiger partial charge is 0.181 e. The number of aliphatic hydroxyl groups is 2. The van der Waals surface area contributed by atoms with Crippen molar-refractivity contribution < 1.29 is 14.6 Å². The maximum absolute atomic E-state index is 13.3. The van der Waals surface area contributed by atoms with Gasteiger partial charge in [-0.05, 0) is 23.6 Å². The third-order valence-corrected chi connectivity index (χ3v) is 2.41. The summed E-state index contributed by atoms with van der Waals surface area (Å²) in [5.74, 6) is -0.715. The molecule has 1 heterocycles. The number of aromatic nitrogens is 1. The monoisotopic (exact) mass is 227 g/mol. The highest BCUT2D eigenvalue weighted by Crippen LogP contribution is 2.26. The fourth-order valence-corrected chi connectivity index (χ4v) is 1.59. The van der Waals surface area contributed by atoms with Crippen LogP contribution in [0.25, 0.3) is 10.8 Å². The molecule has 78 valence electrons. The molecule has 0 spiro atoms. The van der Waals surface area contributed by atoms with Gasteiger partial charge in [0.25, 0.3) is 0 Å². The van der Waals surface area contributed by atoms with Gasteiger partial charge in [-0.3, -0.25) is 0 Å². The molecule has 3 nitrogen and oxygen atoms in total. The molecule has 0 fully saturated rings. The zero-order chi connectivity index (χ0) is 11.0. The first-order valence-corrected chi connectivity index (χ1v) is 4.57. The average Bonchev–Trinajstić information content (AvgIpc) is 2.18. The Balaban J connectivity index is 2.76. The van der Waals surface area contributed by atoms with Gasteiger partial charge in [-0.25, -0.2) is 9.37 Å². The third kappa shape index (κ3) is 1.79. The Kier molecular flexibility index (Phi) is 2.56. The molecule has 0 amide bonds. The normalized spacial score (nSPS) is 11.3. The summed E-state index contributed by atoms with van der Waals surface area (Å²) < 4.78 is 13.3. The summed E-state index contributed by atoms with van der Waals surface area (Å²) in [4.78, 5) is 3.80. The number of pyridine rings is 1. The Morgan fingerprint density at radius 1 is 1.33 bits per heavy atom. The fraction of sp³-hybridized carbons (Fsp3) is 0.100. The summed E-state index contributed by atoms with van der Waals surface area (Å²) in [6.45, 7) is 0. The van der Waals surface area contributed by atoms with Gasteiger partial charge >= 0.3 is 0 Å². The van der Waals surface area contributed by atoms with Crippen LogP contribution in [0, 0.1) is 5.82 Å². The molecular formula is C10H7ClFNO2. The van der Waals surface area contributed by atoms with Gasteiger partial charge in [-0.2, -0.15) is 0 Å². The van der Waals surface area contributed by atoms with E-state index in [1.54, 1.807) is 6.07 Å². The molecular weight excluding hydrogens is 221 g/mol. The highest BCUT2D eigenvalue weighted by atomic mass is 35.5. The lowest BCUT2D eigenvalue weighted by Gasteiger charge is -2.07. The van der Waals surface area contributed by atoms with Gasteiger partial charge in [0.1, 0.15) is 11.0 Å². The summed E-state index contributed by atoms with van der Waals surface area (Å²) in [6.07, 6.45) is -0.364. The number of benzene rings is 1. The second-order valence-electron chi connectivity index (χ2n) is 3.07. The summed E-state index contributed by atoms with van der Waals surface area (Å²) >= 11 is 5.76. The molecule has 0 radical (unpaired) electrons. The topological polar surface area (TPSA) is 53.4 Å². The standard InChI is InChI=1S/C10H7ClFNO2/c11-9-6-4-8(12)7(10(14)15)3-5(6)1-2-13-9/h1-4,10,14-15H. The van der Waals surface area contributed by atoms with E-state index < -0.39 is 12.1 Å². The van der Waals surface area contributed by atoms with Crippen LogP contribution < -0.4 is 0 Å². The van der Waals surface area contributed by atoms with Crippen molar-refractivity contribution in [3.8, 4) is 0 Å². The molecule has 0 unspecified atom stereocenters. The number of rotatable bonds is 1. The Morgan fingerprint density at radius 3 is 2.73 bits per heavy atom. The number of aliphatic hydroxyl groups excluding tert-OH is 1. The van der Waals surface area contributed by atoms with Crippen molar-refractivity contribution in [1.29, 1.82) is 0 Å². The molecule has 0 aliphatic heterocycles. The van der Waals surface area contributed by atoms with Crippen molar-refractivity contribution in [3.05, 3.63) is 40.9 Å². The van der Waals surface area contributed by atoms with Gasteiger partial charge in [0.2, 0.25) is 0 Å². The first-order chi connectivity index (χ1) is 7.09. The van der Waals surface area contributed by atoms with Crippen LogP contribution in [-0.2, 0) is 0 Å². The highest BCUT2D eigenvalue weighted by Gasteiger charge is 2.12. The molecule has 1 aromatic carbocycles. The Labute approximate surface area is 89.8 Å². The van der Waals surface area contributed by atoms with E-state index in [0.29, 0.717) is 10.8 Å². The molecule has 0 saturated heterocycles. The van der Waals surface area contributed by atoms with Crippen LogP contribution in [0.15, 0.2) is 24.4 Å². The van der Waals surface area contributed by atoms with Gasteiger partial charge in [0.05, 0.1) is 0 Å². The van der Waals surface area contributed by atoms with Crippen LogP contribution in [0.4, 0.5) is 4.39 Å². The second-order valence-corrected chi connectivity index (χ2v) is 3.43. The van der Waals surface area contributed by atoms with E-state index in [1.165, 1.54) is 12.3 Å². The quantitative estimate of drug-likeness (QED) is 0.579. The molecule has 1 aromatic heterocycles. The Hall–Kier alpha value is -1.23. The Bertz CT molecular complexity index is 516. The minimum atomic E-state index is -1.83. The van der Waals surface area contributed by atoms with Gasteiger partial charge in [-0.1, -0.05) is 11.6 Å². The molecule has 0 aliphatic rings. The number of fused-ring (bicyclic) bond motifs is 1. The van der Waals surface area contributed by atoms with Crippen molar-refractivity contribution in [1.82, 2.24) is 4.98 Å². The lowest BCUT2D eigenvalue weighted by molar-refractivity contribution is -0.0448. The van der Waals surface area contributed by atoms with Crippen LogP contribution in [0.1, 0.15) is 11.9 Å². The van der Waals surface area contributed by atoms with E-state index in [2.05, 4.69) is 4.98 Å². The lowest BCUT2D eigenvalue weighted by Crippen LogP contribution is -1.99. The van der Waals surface area contributed by atoms with E-state index in [9.17, 15) is 4.39 Å². The maximum atomic E-state index is 13.3. The van der Waals surface area contributed by atoms with Crippen LogP contribution in [0.3, 0.4) is 0 Å². The van der Waals surface area contributed by atoms with E-state index >= 15 is 0 Å². The molecule has 0 saturated carbocycles. The van der Waals surface area contributed by atoms with Gasteiger partial charge < -0.3 is 10.2 Å². The maximum Gasteiger partial charge on any atom is 0.181 e. The summed E-state index contributed by atoms with van der Waals surface area (Å²) in [7, 11) is 0. The minimum absolute atomic E-state index is 0.176. The second kappa shape index (κ2) is 3.73. The number of hydrogen-bond acceptors (Lipinski definition) is 3. The Morgan fingerprint density at radius 2 is 2.07 bits per heavy atom. The average molecular weight is 228 g/mol. The fourth-order valence-electron chi connectivity index (χ4n) is 1.37. The molecule has 2 N–H and O–H groups in total. The van der Waals surface area contributed by atoms with Crippen LogP contribution in [-0.4, -0.2) is 15.2 Å². The lowest BCUT2D eigenvalue weighted by atomic mass is 10.1.